The molecule has 0 aliphatic rings. The van der Waals surface area contributed by atoms with Gasteiger partial charge in [-0.2, -0.15) is 5.26 Å². The molecule has 0 saturated heterocycles. The summed E-state index contributed by atoms with van der Waals surface area (Å²) in [7, 11) is 0. The van der Waals surface area contributed by atoms with E-state index < -0.39 is 11.5 Å². The number of nitriles is 1. The lowest BCUT2D eigenvalue weighted by Gasteiger charge is -2.37. The molecule has 4 rings (SSSR count). The molecule has 57 heavy (non-hydrogen) atoms. The molecule has 4 aromatic carbocycles. The van der Waals surface area contributed by atoms with Crippen LogP contribution in [0.1, 0.15) is 146 Å². The number of carbonyl (C=O) groups excluding carboxylic acids is 2. The van der Waals surface area contributed by atoms with E-state index in [-0.39, 0.29) is 53.9 Å². The minimum atomic E-state index is -0.575. The van der Waals surface area contributed by atoms with Crippen molar-refractivity contribution in [2.45, 2.75) is 136 Å². The maximum absolute atomic E-state index is 12.5. The molecule has 0 fully saturated rings. The molecule has 0 N–H and O–H groups in total. The summed E-state index contributed by atoms with van der Waals surface area (Å²) in [5, 5.41) is 10.1. The monoisotopic (exact) mass is 775 g/mol. The van der Waals surface area contributed by atoms with Crippen molar-refractivity contribution in [3.63, 3.8) is 0 Å². The molecule has 6 atom stereocenters. The molecule has 4 aromatic rings. The standard InChI is InChI=1S/C49H61NO7/c1-12-53-35(5)55-43-26-19-39(20-27-43)47(33(3)37-17-24-42(25-18-37)54-34(4)51)46(40-21-28-44(29-22-40)56-48(6,7)8)32(2)36-13-15-38(16-14-36)41(31-50)23-30-45(52)57-49(9,10)11/h13-22,24-29,32-33,35,41,46-47H,12,23,30H2,1-11H3. The molecule has 0 radical (unpaired) electrons. The van der Waals surface area contributed by atoms with Crippen LogP contribution in [0.2, 0.25) is 0 Å². The Morgan fingerprint density at radius 2 is 1.07 bits per heavy atom. The molecule has 6 unspecified atom stereocenters. The maximum Gasteiger partial charge on any atom is 0.308 e. The molecule has 0 aromatic heterocycles. The van der Waals surface area contributed by atoms with Crippen molar-refractivity contribution in [1.82, 2.24) is 0 Å². The Labute approximate surface area is 340 Å². The topological polar surface area (TPSA) is 104 Å². The van der Waals surface area contributed by atoms with Crippen LogP contribution in [-0.4, -0.2) is 36.0 Å². The lowest BCUT2D eigenvalue weighted by molar-refractivity contribution is -0.155. The summed E-state index contributed by atoms with van der Waals surface area (Å²) in [5.41, 5.74) is 4.46. The van der Waals surface area contributed by atoms with Gasteiger partial charge < -0.3 is 23.7 Å². The van der Waals surface area contributed by atoms with Gasteiger partial charge in [-0.3, -0.25) is 9.59 Å². The minimum absolute atomic E-state index is 0.0115. The Morgan fingerprint density at radius 3 is 1.51 bits per heavy atom. The lowest BCUT2D eigenvalue weighted by atomic mass is 9.66. The zero-order chi connectivity index (χ0) is 41.9. The molecule has 0 heterocycles. The van der Waals surface area contributed by atoms with Crippen LogP contribution in [0.3, 0.4) is 0 Å². The third-order valence-electron chi connectivity index (χ3n) is 9.87. The van der Waals surface area contributed by atoms with E-state index in [1.54, 1.807) is 0 Å². The predicted molar refractivity (Wildman–Crippen MR) is 225 cm³/mol. The van der Waals surface area contributed by atoms with Crippen molar-refractivity contribution < 1.29 is 33.3 Å². The first-order valence-electron chi connectivity index (χ1n) is 20.0. The van der Waals surface area contributed by atoms with Gasteiger partial charge in [0.2, 0.25) is 0 Å². The summed E-state index contributed by atoms with van der Waals surface area (Å²) in [6.45, 7) is 21.9. The van der Waals surface area contributed by atoms with Gasteiger partial charge in [-0.05, 0) is 150 Å². The maximum atomic E-state index is 12.5. The van der Waals surface area contributed by atoms with E-state index in [0.29, 0.717) is 18.8 Å². The highest BCUT2D eigenvalue weighted by atomic mass is 16.7. The van der Waals surface area contributed by atoms with Crippen molar-refractivity contribution in [2.24, 2.45) is 0 Å². The zero-order valence-corrected chi connectivity index (χ0v) is 35.6. The Balaban J connectivity index is 1.79. The first-order valence-corrected chi connectivity index (χ1v) is 20.0. The fourth-order valence-corrected chi connectivity index (χ4v) is 7.37. The van der Waals surface area contributed by atoms with Gasteiger partial charge in [-0.15, -0.1) is 0 Å². The van der Waals surface area contributed by atoms with Gasteiger partial charge in [0.15, 0.2) is 6.29 Å². The molecule has 0 saturated carbocycles. The molecule has 304 valence electrons. The van der Waals surface area contributed by atoms with Crippen LogP contribution < -0.4 is 14.2 Å². The summed E-state index contributed by atoms with van der Waals surface area (Å²) >= 11 is 0. The van der Waals surface area contributed by atoms with E-state index in [0.717, 1.165) is 39.3 Å². The summed E-state index contributed by atoms with van der Waals surface area (Å²) in [4.78, 5) is 24.2. The normalized spacial score (nSPS) is 14.9. The molecule has 8 heteroatoms. The van der Waals surface area contributed by atoms with E-state index >= 15 is 0 Å². The van der Waals surface area contributed by atoms with Gasteiger partial charge in [0.05, 0.1) is 12.0 Å². The van der Waals surface area contributed by atoms with Crippen molar-refractivity contribution in [3.8, 4) is 23.3 Å². The van der Waals surface area contributed by atoms with Crippen LogP contribution in [0, 0.1) is 11.3 Å². The number of hydrogen-bond donors (Lipinski definition) is 0. The summed E-state index contributed by atoms with van der Waals surface area (Å²) < 4.78 is 28.8. The van der Waals surface area contributed by atoms with Gasteiger partial charge in [-0.25, -0.2) is 0 Å². The van der Waals surface area contributed by atoms with Gasteiger partial charge in [-0.1, -0.05) is 74.5 Å². The Bertz CT molecular complexity index is 1920. The average molecular weight is 776 g/mol. The van der Waals surface area contributed by atoms with Crippen molar-refractivity contribution >= 4 is 11.9 Å². The smallest absolute Gasteiger partial charge is 0.308 e. The SMILES string of the molecule is CCOC(C)Oc1ccc(C(C(C)c2ccc(OC(C)=O)cc2)C(c2ccc(OC(C)(C)C)cc2)C(C)c2ccc(C(C#N)CCC(=O)OC(C)(C)C)cc2)cc1. The largest absolute Gasteiger partial charge is 0.488 e. The molecule has 0 aliphatic heterocycles. The summed E-state index contributed by atoms with van der Waals surface area (Å²) in [6, 6.07) is 35.2. The number of hydrogen-bond acceptors (Lipinski definition) is 8. The van der Waals surface area contributed by atoms with Gasteiger partial charge in [0.25, 0.3) is 0 Å². The molecule has 0 aliphatic carbocycles. The molecular weight excluding hydrogens is 715 g/mol. The van der Waals surface area contributed by atoms with Crippen LogP contribution >= 0.6 is 0 Å². The van der Waals surface area contributed by atoms with Crippen molar-refractivity contribution in [1.29, 1.82) is 5.26 Å². The first kappa shape index (κ1) is 44.6. The number of carbonyl (C=O) groups is 2. The molecule has 0 amide bonds. The third-order valence-corrected chi connectivity index (χ3v) is 9.87. The second-order valence-electron chi connectivity index (χ2n) is 16.8. The van der Waals surface area contributed by atoms with Gasteiger partial charge in [0.1, 0.15) is 28.5 Å². The highest BCUT2D eigenvalue weighted by molar-refractivity contribution is 5.70. The van der Waals surface area contributed by atoms with E-state index in [1.807, 2.05) is 116 Å². The quantitative estimate of drug-likeness (QED) is 0.0593. The molecular formula is C49H61NO7. The van der Waals surface area contributed by atoms with Crippen LogP contribution in [0.4, 0.5) is 0 Å². The molecule has 0 spiro atoms. The fraction of sp³-hybridized carbons (Fsp3) is 0.449. The second-order valence-corrected chi connectivity index (χ2v) is 16.8. The number of rotatable bonds is 17. The number of ether oxygens (including phenoxy) is 5. The Kier molecular flexibility index (Phi) is 15.5. The second kappa shape index (κ2) is 19.8. The van der Waals surface area contributed by atoms with Crippen LogP contribution in [0.25, 0.3) is 0 Å². The Hall–Kier alpha value is -5.13. The number of nitrogens with zero attached hydrogens (tertiary/aromatic N) is 1. The van der Waals surface area contributed by atoms with E-state index in [4.69, 9.17) is 23.7 Å². The van der Waals surface area contributed by atoms with Crippen molar-refractivity contribution in [3.05, 3.63) is 125 Å². The minimum Gasteiger partial charge on any atom is -0.488 e. The summed E-state index contributed by atoms with van der Waals surface area (Å²) in [6.07, 6.45) is 0.166. The molecule has 8 nitrogen and oxygen atoms in total. The fourth-order valence-electron chi connectivity index (χ4n) is 7.37. The lowest BCUT2D eigenvalue weighted by Crippen LogP contribution is -2.24. The van der Waals surface area contributed by atoms with Crippen molar-refractivity contribution in [2.75, 3.05) is 6.61 Å². The molecule has 0 bridgehead atoms. The Morgan fingerprint density at radius 1 is 0.632 bits per heavy atom. The predicted octanol–water partition coefficient (Wildman–Crippen LogP) is 11.8. The van der Waals surface area contributed by atoms with Crippen LogP contribution in [0.5, 0.6) is 17.2 Å². The highest BCUT2D eigenvalue weighted by Gasteiger charge is 2.35. The van der Waals surface area contributed by atoms with E-state index in [9.17, 15) is 14.9 Å². The summed E-state index contributed by atoms with van der Waals surface area (Å²) in [5.74, 6) is 0.866. The number of benzene rings is 4. The van der Waals surface area contributed by atoms with Gasteiger partial charge in [0, 0.05) is 20.0 Å². The third kappa shape index (κ3) is 13.5. The van der Waals surface area contributed by atoms with Crippen LogP contribution in [0.15, 0.2) is 97.1 Å². The number of esters is 2. The first-order chi connectivity index (χ1) is 26.9. The van der Waals surface area contributed by atoms with E-state index in [1.165, 1.54) is 6.92 Å². The highest BCUT2D eigenvalue weighted by Crippen LogP contribution is 2.50. The zero-order valence-electron chi connectivity index (χ0n) is 35.6. The van der Waals surface area contributed by atoms with Crippen LogP contribution in [-0.2, 0) is 19.1 Å². The van der Waals surface area contributed by atoms with Gasteiger partial charge >= 0.3 is 11.9 Å². The van der Waals surface area contributed by atoms with E-state index in [2.05, 4.69) is 56.3 Å². The average Bonchev–Trinajstić information content (AvgIpc) is 3.13.